The molecule has 2 amide bonds. The fraction of sp³-hybridized carbons (Fsp3) is 0.227. The van der Waals surface area contributed by atoms with Gasteiger partial charge in [0.05, 0.1) is 4.90 Å². The van der Waals surface area contributed by atoms with Crippen LogP contribution in [0.2, 0.25) is 0 Å². The van der Waals surface area contributed by atoms with E-state index in [9.17, 15) is 9.00 Å². The lowest BCUT2D eigenvalue weighted by Crippen LogP contribution is -2.24. The Morgan fingerprint density at radius 1 is 0.892 bits per heavy atom. The Morgan fingerprint density at radius 2 is 1.46 bits per heavy atom. The van der Waals surface area contributed by atoms with E-state index in [0.717, 1.165) is 25.7 Å². The second kappa shape index (κ2) is 15.8. The van der Waals surface area contributed by atoms with Gasteiger partial charge in [0, 0.05) is 17.6 Å². The quantitative estimate of drug-likeness (QED) is 0.180. The Bertz CT molecular complexity index is 1260. The zero-order chi connectivity index (χ0) is 27.2. The van der Waals surface area contributed by atoms with E-state index < -0.39 is 11.0 Å². The van der Waals surface area contributed by atoms with Gasteiger partial charge in [-0.1, -0.05) is 36.5 Å². The minimum absolute atomic E-state index is 0.146. The molecule has 0 radical (unpaired) electrons. The van der Waals surface area contributed by atoms with Gasteiger partial charge in [-0.25, -0.2) is 9.00 Å². The molecule has 2 heterocycles. The lowest BCUT2D eigenvalue weighted by Gasteiger charge is -2.05. The standard InChI is InChI=1S/C11H13N5OS2.C9H9N3O2S2.C2H6/c1-7-14-15-11(18-7)16-19-9-5-3-8(4-6-9)13-10(17)12-2;1-6-10-11-9(15-6)12-16(14)8-4-2-7(13)3-5-8;1-2/h3-6H,1-2H3,(H,15,16)(H2,12,13,17);2-5,13H,1H3,(H,11,12);1-2H3. The Hall–Kier alpha value is -3.27. The number of anilines is 3. The molecule has 2 aromatic heterocycles. The molecule has 1 atom stereocenters. The number of urea groups is 1. The maximum Gasteiger partial charge on any atom is 0.318 e. The van der Waals surface area contributed by atoms with Crippen LogP contribution >= 0.6 is 34.6 Å². The second-order valence-electron chi connectivity index (χ2n) is 6.55. The molecule has 0 spiro atoms. The summed E-state index contributed by atoms with van der Waals surface area (Å²) in [4.78, 5) is 12.7. The third-order valence-electron chi connectivity index (χ3n) is 3.88. The van der Waals surface area contributed by atoms with Crippen LogP contribution < -0.4 is 20.1 Å². The van der Waals surface area contributed by atoms with Gasteiger partial charge in [-0.15, -0.1) is 20.4 Å². The summed E-state index contributed by atoms with van der Waals surface area (Å²) in [6.07, 6.45) is 0. The molecule has 0 saturated carbocycles. The number of hydrogen-bond donors (Lipinski definition) is 5. The summed E-state index contributed by atoms with van der Waals surface area (Å²) in [5.74, 6) is 0.146. The predicted molar refractivity (Wildman–Crippen MR) is 153 cm³/mol. The molecule has 15 heteroatoms. The number of amides is 2. The van der Waals surface area contributed by atoms with E-state index in [4.69, 9.17) is 5.11 Å². The van der Waals surface area contributed by atoms with E-state index in [2.05, 4.69) is 40.5 Å². The number of aromatic nitrogens is 4. The molecular formula is C22H28N8O3S4. The Morgan fingerprint density at radius 3 is 1.97 bits per heavy atom. The number of aryl methyl sites for hydroxylation is 2. The lowest BCUT2D eigenvalue weighted by atomic mass is 10.3. The van der Waals surface area contributed by atoms with Crippen molar-refractivity contribution in [2.24, 2.45) is 0 Å². The molecule has 1 unspecified atom stereocenters. The normalized spacial score (nSPS) is 10.6. The number of phenols is 1. The molecule has 0 saturated heterocycles. The molecule has 198 valence electrons. The van der Waals surface area contributed by atoms with Crippen LogP contribution in [0.3, 0.4) is 0 Å². The third-order valence-corrected chi connectivity index (χ3v) is 7.53. The molecular weight excluding hydrogens is 553 g/mol. The summed E-state index contributed by atoms with van der Waals surface area (Å²) in [7, 11) is 0.194. The zero-order valence-corrected chi connectivity index (χ0v) is 24.1. The van der Waals surface area contributed by atoms with Gasteiger partial charge in [0.25, 0.3) is 0 Å². The Labute approximate surface area is 230 Å². The summed E-state index contributed by atoms with van der Waals surface area (Å²) in [5.41, 5.74) is 0.746. The molecule has 4 aromatic rings. The van der Waals surface area contributed by atoms with Crippen molar-refractivity contribution in [2.45, 2.75) is 37.5 Å². The number of carbonyl (C=O) groups excluding carboxylic acids is 1. The average Bonchev–Trinajstić information content (AvgIpc) is 3.52. The number of benzene rings is 2. The van der Waals surface area contributed by atoms with E-state index in [1.807, 2.05) is 52.0 Å². The first kappa shape index (κ1) is 30.0. The van der Waals surface area contributed by atoms with Crippen molar-refractivity contribution in [1.82, 2.24) is 25.7 Å². The molecule has 4 rings (SSSR count). The monoisotopic (exact) mass is 580 g/mol. The topological polar surface area (TPSA) is 154 Å². The van der Waals surface area contributed by atoms with E-state index in [1.54, 1.807) is 19.2 Å². The number of carbonyl (C=O) groups is 1. The first-order valence-electron chi connectivity index (χ1n) is 10.9. The van der Waals surface area contributed by atoms with Gasteiger partial charge < -0.3 is 20.5 Å². The van der Waals surface area contributed by atoms with Gasteiger partial charge in [-0.05, 0) is 74.3 Å². The van der Waals surface area contributed by atoms with E-state index in [1.165, 1.54) is 46.8 Å². The third kappa shape index (κ3) is 10.7. The van der Waals surface area contributed by atoms with Crippen molar-refractivity contribution in [3.05, 3.63) is 58.5 Å². The summed E-state index contributed by atoms with van der Waals surface area (Å²) in [6, 6.07) is 13.4. The van der Waals surface area contributed by atoms with Crippen LogP contribution in [-0.4, -0.2) is 42.8 Å². The molecule has 5 N–H and O–H groups in total. The number of rotatable bonds is 7. The number of phenolic OH excluding ortho intramolecular Hbond substituents is 1. The maximum atomic E-state index is 11.8. The minimum Gasteiger partial charge on any atom is -0.508 e. The van der Waals surface area contributed by atoms with Crippen molar-refractivity contribution >= 4 is 67.6 Å². The average molecular weight is 581 g/mol. The fourth-order valence-electron chi connectivity index (χ4n) is 2.29. The fourth-order valence-corrected chi connectivity index (χ4v) is 5.08. The highest BCUT2D eigenvalue weighted by Crippen LogP contribution is 2.24. The van der Waals surface area contributed by atoms with Gasteiger partial charge in [-0.2, -0.15) is 0 Å². The first-order chi connectivity index (χ1) is 17.8. The van der Waals surface area contributed by atoms with Gasteiger partial charge in [0.2, 0.25) is 10.3 Å². The summed E-state index contributed by atoms with van der Waals surface area (Å²) >= 11 is 4.29. The number of aromatic hydroxyl groups is 1. The smallest absolute Gasteiger partial charge is 0.318 e. The highest BCUT2D eigenvalue weighted by Gasteiger charge is 2.07. The number of hydrogen-bond acceptors (Lipinski definition) is 11. The predicted octanol–water partition coefficient (Wildman–Crippen LogP) is 5.43. The van der Waals surface area contributed by atoms with Crippen molar-refractivity contribution in [3.63, 3.8) is 0 Å². The molecule has 2 aromatic carbocycles. The van der Waals surface area contributed by atoms with Gasteiger partial charge >= 0.3 is 6.03 Å². The number of nitrogens with zero attached hydrogens (tertiary/aromatic N) is 4. The van der Waals surface area contributed by atoms with E-state index >= 15 is 0 Å². The van der Waals surface area contributed by atoms with Gasteiger partial charge in [-0.3, -0.25) is 4.72 Å². The lowest BCUT2D eigenvalue weighted by molar-refractivity contribution is 0.254. The minimum atomic E-state index is -1.38. The first-order valence-corrected chi connectivity index (χ1v) is 14.5. The van der Waals surface area contributed by atoms with Crippen LogP contribution in [0, 0.1) is 13.8 Å². The van der Waals surface area contributed by atoms with Gasteiger partial charge in [0.1, 0.15) is 15.8 Å². The number of nitrogens with one attached hydrogen (secondary N) is 4. The van der Waals surface area contributed by atoms with Crippen LogP contribution in [0.15, 0.2) is 58.3 Å². The molecule has 0 aliphatic carbocycles. The van der Waals surface area contributed by atoms with Crippen molar-refractivity contribution in [2.75, 3.05) is 21.8 Å². The van der Waals surface area contributed by atoms with Crippen molar-refractivity contribution < 1.29 is 14.1 Å². The highest BCUT2D eigenvalue weighted by molar-refractivity contribution is 8.00. The van der Waals surface area contributed by atoms with E-state index in [-0.39, 0.29) is 11.8 Å². The second-order valence-corrected chi connectivity index (χ2v) is 11.0. The van der Waals surface area contributed by atoms with Crippen LogP contribution in [0.1, 0.15) is 23.9 Å². The highest BCUT2D eigenvalue weighted by atomic mass is 32.2. The molecule has 37 heavy (non-hydrogen) atoms. The SMILES string of the molecule is CC.CNC(=O)Nc1ccc(SNc2nnc(C)s2)cc1.Cc1nnc(NS(=O)c2ccc(O)cc2)s1. The summed E-state index contributed by atoms with van der Waals surface area (Å²) < 4.78 is 17.6. The van der Waals surface area contributed by atoms with Crippen LogP contribution in [-0.2, 0) is 11.0 Å². The van der Waals surface area contributed by atoms with Crippen LogP contribution in [0.25, 0.3) is 0 Å². The van der Waals surface area contributed by atoms with Crippen molar-refractivity contribution in [1.29, 1.82) is 0 Å². The molecule has 11 nitrogen and oxygen atoms in total. The molecule has 0 aliphatic heterocycles. The molecule has 0 fully saturated rings. The van der Waals surface area contributed by atoms with Gasteiger partial charge in [0.15, 0.2) is 11.0 Å². The Kier molecular flexibility index (Phi) is 12.8. The largest absolute Gasteiger partial charge is 0.508 e. The maximum absolute atomic E-state index is 11.8. The zero-order valence-electron chi connectivity index (χ0n) is 20.8. The van der Waals surface area contributed by atoms with Crippen LogP contribution in [0.4, 0.5) is 20.7 Å². The van der Waals surface area contributed by atoms with Crippen LogP contribution in [0.5, 0.6) is 5.75 Å². The van der Waals surface area contributed by atoms with E-state index in [0.29, 0.717) is 10.0 Å². The Balaban J connectivity index is 0.000000247. The van der Waals surface area contributed by atoms with Crippen molar-refractivity contribution in [3.8, 4) is 5.75 Å². The molecule has 0 aliphatic rings. The summed E-state index contributed by atoms with van der Waals surface area (Å²) in [5, 5.41) is 32.8. The summed E-state index contributed by atoms with van der Waals surface area (Å²) in [6.45, 7) is 7.74. The molecule has 0 bridgehead atoms.